The summed E-state index contributed by atoms with van der Waals surface area (Å²) in [4.78, 5) is 65.6. The molecule has 3 N–H and O–H groups in total. The number of hydrogen-bond donors (Lipinski definition) is 2. The highest BCUT2D eigenvalue weighted by atomic mass is 16.5. The topological polar surface area (TPSA) is 174 Å². The lowest BCUT2D eigenvalue weighted by Gasteiger charge is -2.19. The first-order valence-electron chi connectivity index (χ1n) is 20.9. The molecule has 0 unspecified atom stereocenters. The molecule has 1 aliphatic carbocycles. The summed E-state index contributed by atoms with van der Waals surface area (Å²) in [6.45, 7) is 5.98. The number of Topliss-reactive ketones (excluding diaryl/α,β-unsaturated/α-hetero) is 1. The SMILES string of the molecule is COc1cc2c(cc1OCCCOc1cc3c(cc1OC)C(=O)N1C=C(C4CC4)C[C@H]1C=N3)N=C[C@@H]1CC(c3ccc(CC(=O)[C@H](C)NC(=O)[C@@H](N)C(C)C)cc3)=CN1C2=O. The number of hydrogen-bond acceptors (Lipinski definition) is 11. The Kier molecular flexibility index (Phi) is 11.8. The Bertz CT molecular complexity index is 2360. The highest BCUT2D eigenvalue weighted by Crippen LogP contribution is 2.45. The van der Waals surface area contributed by atoms with Gasteiger partial charge in [-0.3, -0.25) is 29.2 Å². The van der Waals surface area contributed by atoms with Gasteiger partial charge in [0.1, 0.15) is 0 Å². The molecule has 4 atom stereocenters. The van der Waals surface area contributed by atoms with Crippen molar-refractivity contribution in [1.82, 2.24) is 15.1 Å². The molecule has 5 aliphatic rings. The van der Waals surface area contributed by atoms with Crippen molar-refractivity contribution in [2.45, 2.75) is 83.5 Å². The molecule has 1 fully saturated rings. The number of methoxy groups -OCH3 is 2. The Morgan fingerprint density at radius 3 is 1.89 bits per heavy atom. The average Bonchev–Trinajstić information content (AvgIpc) is 3.94. The third kappa shape index (κ3) is 8.67. The Morgan fingerprint density at radius 1 is 0.787 bits per heavy atom. The van der Waals surface area contributed by atoms with Crippen molar-refractivity contribution in [2.75, 3.05) is 27.4 Å². The lowest BCUT2D eigenvalue weighted by molar-refractivity contribution is -0.128. The summed E-state index contributed by atoms with van der Waals surface area (Å²) < 4.78 is 23.5. The van der Waals surface area contributed by atoms with Gasteiger partial charge in [-0.15, -0.1) is 0 Å². The molecular formula is C47H52N6O8. The van der Waals surface area contributed by atoms with Gasteiger partial charge in [0.15, 0.2) is 28.8 Å². The summed E-state index contributed by atoms with van der Waals surface area (Å²) in [5.41, 5.74) is 11.9. The van der Waals surface area contributed by atoms with Crippen LogP contribution in [0.25, 0.3) is 5.57 Å². The van der Waals surface area contributed by atoms with Gasteiger partial charge >= 0.3 is 0 Å². The minimum atomic E-state index is -0.674. The normalized spacial score (nSPS) is 19.8. The van der Waals surface area contributed by atoms with Crippen molar-refractivity contribution in [3.8, 4) is 23.0 Å². The maximum absolute atomic E-state index is 13.9. The van der Waals surface area contributed by atoms with E-state index >= 15 is 0 Å². The second-order valence-electron chi connectivity index (χ2n) is 16.6. The van der Waals surface area contributed by atoms with Crippen LogP contribution in [0.3, 0.4) is 0 Å². The van der Waals surface area contributed by atoms with Crippen LogP contribution in [-0.2, 0) is 16.0 Å². The van der Waals surface area contributed by atoms with Crippen LogP contribution >= 0.6 is 0 Å². The van der Waals surface area contributed by atoms with Crippen LogP contribution in [0.15, 0.2) is 76.5 Å². The Balaban J connectivity index is 0.865. The van der Waals surface area contributed by atoms with Crippen molar-refractivity contribution in [2.24, 2.45) is 27.6 Å². The molecule has 0 radical (unpaired) electrons. The number of carbonyl (C=O) groups excluding carboxylic acids is 4. The van der Waals surface area contributed by atoms with E-state index in [1.54, 1.807) is 54.3 Å². The molecule has 0 aromatic heterocycles. The number of fused-ring (bicyclic) bond motifs is 4. The van der Waals surface area contributed by atoms with Crippen LogP contribution in [0.5, 0.6) is 23.0 Å². The summed E-state index contributed by atoms with van der Waals surface area (Å²) in [6.07, 6.45) is 12.0. The summed E-state index contributed by atoms with van der Waals surface area (Å²) in [7, 11) is 3.08. The van der Waals surface area contributed by atoms with Crippen LogP contribution in [0.2, 0.25) is 0 Å². The molecule has 14 nitrogen and oxygen atoms in total. The molecule has 14 heteroatoms. The van der Waals surface area contributed by atoms with Crippen LogP contribution < -0.4 is 30.0 Å². The third-order valence-electron chi connectivity index (χ3n) is 11.9. The van der Waals surface area contributed by atoms with Crippen LogP contribution in [0, 0.1) is 11.8 Å². The van der Waals surface area contributed by atoms with Crippen molar-refractivity contribution in [1.29, 1.82) is 0 Å². The fraction of sp³-hybridized carbons (Fsp3) is 0.404. The molecule has 3 amide bonds. The van der Waals surface area contributed by atoms with E-state index in [1.165, 1.54) is 25.5 Å². The molecule has 0 saturated heterocycles. The first kappa shape index (κ1) is 41.5. The second-order valence-corrected chi connectivity index (χ2v) is 16.6. The van der Waals surface area contributed by atoms with E-state index < -0.39 is 12.1 Å². The van der Waals surface area contributed by atoms with Crippen molar-refractivity contribution in [3.63, 3.8) is 0 Å². The predicted molar refractivity (Wildman–Crippen MR) is 231 cm³/mol. The standard InChI is InChI=1S/C47H52N6O8/c1-26(2)44(48)45(55)51-27(3)39(54)15-28-7-9-29(10-8-28)31-16-33-22-49-37-20-42(40(58-4)18-35(37)46(56)52(33)24-31)60-13-6-14-61-43-21-38-36(19-41(43)59-5)47(57)53-25-32(30-11-12-30)17-34(53)23-50-38/h7-10,18-27,30,33-34,44H,6,11-17,48H2,1-5H3,(H,51,55)/t27-,33-,34-,44-/m0/s1. The van der Waals surface area contributed by atoms with E-state index in [4.69, 9.17) is 29.7 Å². The smallest absolute Gasteiger partial charge is 0.260 e. The van der Waals surface area contributed by atoms with Gasteiger partial charge in [0.05, 0.1) is 74.1 Å². The van der Waals surface area contributed by atoms with Gasteiger partial charge in [0.2, 0.25) is 5.91 Å². The molecule has 318 valence electrons. The molecule has 4 aliphatic heterocycles. The maximum atomic E-state index is 13.9. The number of nitrogens with zero attached hydrogens (tertiary/aromatic N) is 4. The van der Waals surface area contributed by atoms with E-state index in [9.17, 15) is 19.2 Å². The molecule has 3 aromatic carbocycles. The predicted octanol–water partition coefficient (Wildman–Crippen LogP) is 6.35. The van der Waals surface area contributed by atoms with E-state index in [1.807, 2.05) is 56.7 Å². The number of aliphatic imine (C=N–C) groups is 2. The van der Waals surface area contributed by atoms with E-state index in [0.29, 0.717) is 77.5 Å². The molecule has 0 bridgehead atoms. The summed E-state index contributed by atoms with van der Waals surface area (Å²) >= 11 is 0. The number of amides is 3. The highest BCUT2D eigenvalue weighted by Gasteiger charge is 2.38. The minimum Gasteiger partial charge on any atom is -0.493 e. The summed E-state index contributed by atoms with van der Waals surface area (Å²) in [5.74, 6) is 1.61. The molecule has 1 saturated carbocycles. The zero-order chi connectivity index (χ0) is 42.9. The number of nitrogens with two attached hydrogens (primary N) is 1. The molecule has 4 heterocycles. The lowest BCUT2D eigenvalue weighted by atomic mass is 9.98. The molecular weight excluding hydrogens is 777 g/mol. The number of ketones is 1. The van der Waals surface area contributed by atoms with E-state index in [0.717, 1.165) is 23.1 Å². The Morgan fingerprint density at radius 2 is 1.34 bits per heavy atom. The van der Waals surface area contributed by atoms with E-state index in [-0.39, 0.29) is 47.9 Å². The van der Waals surface area contributed by atoms with Gasteiger partial charge < -0.3 is 39.8 Å². The number of ether oxygens (including phenoxy) is 4. The molecule has 3 aromatic rings. The van der Waals surface area contributed by atoms with Gasteiger partial charge in [0, 0.05) is 56.2 Å². The maximum Gasteiger partial charge on any atom is 0.260 e. The van der Waals surface area contributed by atoms with E-state index in [2.05, 4.69) is 10.3 Å². The quantitative estimate of drug-likeness (QED) is 0.156. The number of benzene rings is 3. The van der Waals surface area contributed by atoms with Gasteiger partial charge in [-0.25, -0.2) is 0 Å². The zero-order valence-electron chi connectivity index (χ0n) is 35.2. The zero-order valence-corrected chi connectivity index (χ0v) is 35.2. The largest absolute Gasteiger partial charge is 0.493 e. The van der Waals surface area contributed by atoms with Gasteiger partial charge in [0.25, 0.3) is 11.8 Å². The second kappa shape index (κ2) is 17.4. The molecule has 61 heavy (non-hydrogen) atoms. The van der Waals surface area contributed by atoms with Crippen molar-refractivity contribution in [3.05, 3.63) is 88.8 Å². The number of carbonyl (C=O) groups is 4. The summed E-state index contributed by atoms with van der Waals surface area (Å²) in [5, 5.41) is 2.72. The first-order valence-corrected chi connectivity index (χ1v) is 20.9. The third-order valence-corrected chi connectivity index (χ3v) is 11.9. The Hall–Kier alpha value is -6.28. The van der Waals surface area contributed by atoms with Crippen LogP contribution in [0.1, 0.15) is 84.7 Å². The fourth-order valence-electron chi connectivity index (χ4n) is 8.01. The minimum absolute atomic E-state index is 0.0349. The number of nitrogens with one attached hydrogen (secondary N) is 1. The average molecular weight is 829 g/mol. The van der Waals surface area contributed by atoms with Gasteiger partial charge in [-0.05, 0) is 72.4 Å². The molecule has 8 rings (SSSR count). The van der Waals surface area contributed by atoms with Crippen molar-refractivity contribution >= 4 is 52.9 Å². The first-order chi connectivity index (χ1) is 29.4. The van der Waals surface area contributed by atoms with Crippen LogP contribution in [0.4, 0.5) is 11.4 Å². The fourth-order valence-corrected chi connectivity index (χ4v) is 8.01. The lowest BCUT2D eigenvalue weighted by Crippen LogP contribution is -2.49. The van der Waals surface area contributed by atoms with Gasteiger partial charge in [-0.2, -0.15) is 0 Å². The Labute approximate surface area is 355 Å². The van der Waals surface area contributed by atoms with Crippen LogP contribution in [-0.4, -0.2) is 97.3 Å². The van der Waals surface area contributed by atoms with Crippen molar-refractivity contribution < 1.29 is 38.1 Å². The van der Waals surface area contributed by atoms with Gasteiger partial charge in [-0.1, -0.05) is 38.1 Å². The summed E-state index contributed by atoms with van der Waals surface area (Å²) in [6, 6.07) is 12.8. The highest BCUT2D eigenvalue weighted by molar-refractivity contribution is 6.06. The molecule has 0 spiro atoms. The number of rotatable bonds is 16. The monoisotopic (exact) mass is 828 g/mol.